The zero-order valence-corrected chi connectivity index (χ0v) is 45.9. The third-order valence-corrected chi connectivity index (χ3v) is 13.7. The molecule has 0 N–H and O–H groups in total. The predicted molar refractivity (Wildman–Crippen MR) is 293 cm³/mol. The summed E-state index contributed by atoms with van der Waals surface area (Å²) < 4.78 is 16.9. The topological polar surface area (TPSA) is 78.9 Å². The number of rotatable bonds is 56. The molecule has 0 radical (unpaired) electrons. The lowest BCUT2D eigenvalue weighted by molar-refractivity contribution is -0.167. The van der Waals surface area contributed by atoms with Crippen LogP contribution in [0.2, 0.25) is 0 Å². The minimum absolute atomic E-state index is 0.0716. The van der Waals surface area contributed by atoms with E-state index in [2.05, 4.69) is 45.1 Å². The highest BCUT2D eigenvalue weighted by atomic mass is 16.6. The van der Waals surface area contributed by atoms with Crippen molar-refractivity contribution in [3.8, 4) is 0 Å². The summed E-state index contributed by atoms with van der Waals surface area (Å²) in [5.74, 6) is -0.861. The molecule has 6 nitrogen and oxygen atoms in total. The number of hydrogen-bond acceptors (Lipinski definition) is 6. The Labute approximate surface area is 423 Å². The first-order valence-corrected chi connectivity index (χ1v) is 30.3. The van der Waals surface area contributed by atoms with Gasteiger partial charge in [-0.05, 0) is 70.6 Å². The van der Waals surface area contributed by atoms with Gasteiger partial charge >= 0.3 is 17.9 Å². The van der Waals surface area contributed by atoms with Crippen LogP contribution in [0.3, 0.4) is 0 Å². The van der Waals surface area contributed by atoms with E-state index in [4.69, 9.17) is 14.2 Å². The molecule has 0 aliphatic rings. The van der Waals surface area contributed by atoms with Crippen molar-refractivity contribution in [1.82, 2.24) is 0 Å². The van der Waals surface area contributed by atoms with E-state index in [1.54, 1.807) is 0 Å². The number of carbonyl (C=O) groups excluding carboxylic acids is 3. The van der Waals surface area contributed by atoms with Crippen LogP contribution in [0.5, 0.6) is 0 Å². The van der Waals surface area contributed by atoms with Crippen molar-refractivity contribution < 1.29 is 28.6 Å². The zero-order chi connectivity index (χ0) is 49.3. The highest BCUT2D eigenvalue weighted by Gasteiger charge is 2.19. The van der Waals surface area contributed by atoms with Gasteiger partial charge in [0.1, 0.15) is 13.2 Å². The van der Waals surface area contributed by atoms with Crippen molar-refractivity contribution in [2.45, 2.75) is 341 Å². The van der Waals surface area contributed by atoms with Gasteiger partial charge in [-0.2, -0.15) is 0 Å². The van der Waals surface area contributed by atoms with Gasteiger partial charge in [0.15, 0.2) is 6.10 Å². The van der Waals surface area contributed by atoms with Crippen LogP contribution in [0.15, 0.2) is 24.3 Å². The van der Waals surface area contributed by atoms with E-state index in [9.17, 15) is 14.4 Å². The minimum Gasteiger partial charge on any atom is -0.462 e. The van der Waals surface area contributed by atoms with E-state index in [0.717, 1.165) is 64.2 Å². The van der Waals surface area contributed by atoms with Crippen molar-refractivity contribution in [2.75, 3.05) is 13.2 Å². The predicted octanol–water partition coefficient (Wildman–Crippen LogP) is 20.3. The largest absolute Gasteiger partial charge is 0.462 e. The second kappa shape index (κ2) is 57.5. The molecule has 0 aromatic carbocycles. The lowest BCUT2D eigenvalue weighted by Gasteiger charge is -2.18. The molecule has 0 saturated carbocycles. The van der Waals surface area contributed by atoms with Gasteiger partial charge in [-0.3, -0.25) is 14.4 Å². The number of carbonyl (C=O) groups is 3. The van der Waals surface area contributed by atoms with Crippen molar-refractivity contribution in [2.24, 2.45) is 0 Å². The van der Waals surface area contributed by atoms with Crippen molar-refractivity contribution in [1.29, 1.82) is 0 Å². The van der Waals surface area contributed by atoms with E-state index in [-0.39, 0.29) is 31.1 Å². The van der Waals surface area contributed by atoms with Gasteiger partial charge in [0, 0.05) is 19.3 Å². The number of hydrogen-bond donors (Lipinski definition) is 0. The van der Waals surface area contributed by atoms with Gasteiger partial charge in [-0.25, -0.2) is 0 Å². The van der Waals surface area contributed by atoms with Crippen LogP contribution in [0.4, 0.5) is 0 Å². The zero-order valence-electron chi connectivity index (χ0n) is 45.9. The molecule has 400 valence electrons. The Morgan fingerprint density at radius 1 is 0.279 bits per heavy atom. The monoisotopic (exact) mass is 957 g/mol. The Hall–Kier alpha value is -2.11. The molecule has 0 rings (SSSR count). The Morgan fingerprint density at radius 3 is 0.735 bits per heavy atom. The quantitative estimate of drug-likeness (QED) is 0.0262. The number of allylic oxidation sites excluding steroid dienone is 4. The number of ether oxygens (including phenoxy) is 3. The van der Waals surface area contributed by atoms with Crippen LogP contribution >= 0.6 is 0 Å². The maximum Gasteiger partial charge on any atom is 0.306 e. The van der Waals surface area contributed by atoms with E-state index >= 15 is 0 Å². The summed E-state index contributed by atoms with van der Waals surface area (Å²) in [6, 6.07) is 0. The average Bonchev–Trinajstić information content (AvgIpc) is 3.34. The molecule has 0 unspecified atom stereocenters. The first-order valence-electron chi connectivity index (χ1n) is 30.3. The molecule has 0 spiro atoms. The summed E-state index contributed by atoms with van der Waals surface area (Å²) in [5, 5.41) is 0. The molecule has 0 saturated heterocycles. The summed E-state index contributed by atoms with van der Waals surface area (Å²) >= 11 is 0. The van der Waals surface area contributed by atoms with Crippen molar-refractivity contribution in [3.63, 3.8) is 0 Å². The highest BCUT2D eigenvalue weighted by molar-refractivity contribution is 5.71. The first-order chi connectivity index (χ1) is 33.5. The second-order valence-electron chi connectivity index (χ2n) is 20.6. The molecule has 0 aromatic rings. The van der Waals surface area contributed by atoms with Crippen molar-refractivity contribution in [3.05, 3.63) is 24.3 Å². The molecule has 0 bridgehead atoms. The average molecular weight is 958 g/mol. The van der Waals surface area contributed by atoms with E-state index in [1.807, 2.05) is 0 Å². The van der Waals surface area contributed by atoms with E-state index < -0.39 is 6.10 Å². The van der Waals surface area contributed by atoms with Gasteiger partial charge in [0.2, 0.25) is 0 Å². The van der Waals surface area contributed by atoms with Crippen LogP contribution in [-0.2, 0) is 28.6 Å². The summed E-state index contributed by atoms with van der Waals surface area (Å²) in [5.41, 5.74) is 0. The third-order valence-electron chi connectivity index (χ3n) is 13.7. The standard InChI is InChI=1S/C62H116O6/c1-4-7-10-13-16-19-22-25-28-31-34-37-40-43-46-49-52-55-61(64)67-58-59(57-66-60(63)54-51-48-45-42-39-36-33-30-27-24-21-18-15-12-9-6-3)68-62(65)56-53-50-47-44-41-38-35-32-29-26-23-20-17-14-11-8-5-2/h25,28,30,33,59H,4-24,26-27,29,31-32,34-58H2,1-3H3/b28-25-,33-30-/t59-/m1/s1. The molecule has 0 aromatic heterocycles. The van der Waals surface area contributed by atoms with Gasteiger partial charge < -0.3 is 14.2 Å². The molecule has 68 heavy (non-hydrogen) atoms. The Kier molecular flexibility index (Phi) is 55.7. The molecular weight excluding hydrogens is 841 g/mol. The van der Waals surface area contributed by atoms with Gasteiger partial charge in [0.25, 0.3) is 0 Å². The van der Waals surface area contributed by atoms with Gasteiger partial charge in [-0.15, -0.1) is 0 Å². The molecule has 0 amide bonds. The SMILES string of the molecule is CCCCCCCC/C=C\CCCCCCCCCC(=O)OC[C@@H](COC(=O)CCCCCCC/C=C\CCCCCCCCC)OC(=O)CCCCCCCCCCCCCCCCCCC. The number of esters is 3. The van der Waals surface area contributed by atoms with Gasteiger partial charge in [0.05, 0.1) is 0 Å². The van der Waals surface area contributed by atoms with Crippen LogP contribution in [-0.4, -0.2) is 37.2 Å². The highest BCUT2D eigenvalue weighted by Crippen LogP contribution is 2.17. The third kappa shape index (κ3) is 54.8. The smallest absolute Gasteiger partial charge is 0.306 e. The van der Waals surface area contributed by atoms with Crippen molar-refractivity contribution >= 4 is 17.9 Å². The Morgan fingerprint density at radius 2 is 0.485 bits per heavy atom. The van der Waals surface area contributed by atoms with E-state index in [0.29, 0.717) is 19.3 Å². The normalized spacial score (nSPS) is 12.1. The Bertz CT molecular complexity index is 1100. The Balaban J connectivity index is 4.34. The molecule has 0 aliphatic carbocycles. The maximum atomic E-state index is 12.9. The molecule has 0 fully saturated rings. The summed E-state index contributed by atoms with van der Waals surface area (Å²) in [7, 11) is 0. The van der Waals surface area contributed by atoms with Crippen LogP contribution < -0.4 is 0 Å². The second-order valence-corrected chi connectivity index (χ2v) is 20.6. The molecule has 1 atom stereocenters. The summed E-state index contributed by atoms with van der Waals surface area (Å²) in [6.45, 7) is 6.68. The lowest BCUT2D eigenvalue weighted by atomic mass is 10.0. The van der Waals surface area contributed by atoms with Crippen LogP contribution in [0.1, 0.15) is 335 Å². The summed E-state index contributed by atoms with van der Waals surface area (Å²) in [4.78, 5) is 38.2. The fraction of sp³-hybridized carbons (Fsp3) is 0.887. The molecule has 0 heterocycles. The minimum atomic E-state index is -0.773. The lowest BCUT2D eigenvalue weighted by Crippen LogP contribution is -2.30. The molecular formula is C62H116O6. The van der Waals surface area contributed by atoms with Gasteiger partial charge in [-0.1, -0.05) is 270 Å². The fourth-order valence-electron chi connectivity index (χ4n) is 9.08. The number of unbranched alkanes of at least 4 members (excludes halogenated alkanes) is 41. The fourth-order valence-corrected chi connectivity index (χ4v) is 9.08. The van der Waals surface area contributed by atoms with E-state index in [1.165, 1.54) is 231 Å². The molecule has 6 heteroatoms. The summed E-state index contributed by atoms with van der Waals surface area (Å²) in [6.07, 6.45) is 67.4. The van der Waals surface area contributed by atoms with Crippen LogP contribution in [0, 0.1) is 0 Å². The molecule has 0 aliphatic heterocycles. The van der Waals surface area contributed by atoms with Crippen LogP contribution in [0.25, 0.3) is 0 Å². The maximum absolute atomic E-state index is 12.9. The first kappa shape index (κ1) is 65.9.